The smallest absolute Gasteiger partial charge is 0.270 e. The molecule has 3 aromatic heterocycles. The topological polar surface area (TPSA) is 66.8 Å². The zero-order valence-electron chi connectivity index (χ0n) is 14.7. The summed E-state index contributed by atoms with van der Waals surface area (Å²) in [6.07, 6.45) is 3.70. The summed E-state index contributed by atoms with van der Waals surface area (Å²) in [7, 11) is 0. The number of H-pyrrole nitrogens is 1. The first-order valence-electron chi connectivity index (χ1n) is 8.70. The van der Waals surface area contributed by atoms with Crippen LogP contribution in [0.25, 0.3) is 16.9 Å². The maximum absolute atomic E-state index is 13.0. The Morgan fingerprint density at radius 3 is 2.85 bits per heavy atom. The van der Waals surface area contributed by atoms with Crippen LogP contribution in [0.3, 0.4) is 0 Å². The van der Waals surface area contributed by atoms with Crippen LogP contribution >= 0.6 is 11.3 Å². The van der Waals surface area contributed by atoms with Crippen molar-refractivity contribution in [3.63, 3.8) is 0 Å². The van der Waals surface area contributed by atoms with E-state index >= 15 is 0 Å². The van der Waals surface area contributed by atoms with E-state index in [-0.39, 0.29) is 5.91 Å². The molecule has 0 radical (unpaired) electrons. The lowest BCUT2D eigenvalue weighted by Gasteiger charge is -2.15. The number of carbonyl (C=O) groups excluding carboxylic acids is 1. The normalized spacial score (nSPS) is 13.1. The van der Waals surface area contributed by atoms with E-state index in [0.717, 1.165) is 33.2 Å². The van der Waals surface area contributed by atoms with Crippen molar-refractivity contribution in [3.8, 4) is 16.9 Å². The number of benzene rings is 1. The van der Waals surface area contributed by atoms with E-state index in [1.165, 1.54) is 0 Å². The molecule has 0 saturated heterocycles. The molecule has 1 aliphatic heterocycles. The van der Waals surface area contributed by atoms with Gasteiger partial charge in [-0.05, 0) is 25.1 Å². The standard InChI is InChI=1S/C20H17N5OS/c1-13-23-18(12-27-13)14-7-17(21-8-14)20(26)24-10-15-9-22-25(19(15)11-24)16-5-3-2-4-6-16/h2-9,12,21H,10-11H2,1H3. The maximum atomic E-state index is 13.0. The molecule has 1 amide bonds. The summed E-state index contributed by atoms with van der Waals surface area (Å²) in [4.78, 5) is 22.4. The van der Waals surface area contributed by atoms with E-state index in [1.807, 2.05) is 70.7 Å². The number of hydrogen-bond donors (Lipinski definition) is 1. The van der Waals surface area contributed by atoms with Crippen LogP contribution in [0.5, 0.6) is 0 Å². The Kier molecular flexibility index (Phi) is 3.68. The number of thiazole rings is 1. The highest BCUT2D eigenvalue weighted by Gasteiger charge is 2.29. The highest BCUT2D eigenvalue weighted by molar-refractivity contribution is 7.09. The van der Waals surface area contributed by atoms with Gasteiger partial charge in [-0.25, -0.2) is 9.67 Å². The van der Waals surface area contributed by atoms with Crippen LogP contribution in [0.4, 0.5) is 0 Å². The molecule has 0 unspecified atom stereocenters. The van der Waals surface area contributed by atoms with Crippen LogP contribution < -0.4 is 0 Å². The molecule has 1 aromatic carbocycles. The van der Waals surface area contributed by atoms with Crippen molar-refractivity contribution in [2.45, 2.75) is 20.0 Å². The Hall–Kier alpha value is -3.19. The van der Waals surface area contributed by atoms with Crippen molar-refractivity contribution in [2.75, 3.05) is 0 Å². The fourth-order valence-corrected chi connectivity index (χ4v) is 4.04. The van der Waals surface area contributed by atoms with Crippen molar-refractivity contribution < 1.29 is 4.79 Å². The molecule has 5 rings (SSSR count). The van der Waals surface area contributed by atoms with Gasteiger partial charge in [-0.1, -0.05) is 18.2 Å². The number of aryl methyl sites for hydroxylation is 1. The van der Waals surface area contributed by atoms with Crippen molar-refractivity contribution in [2.24, 2.45) is 0 Å². The summed E-state index contributed by atoms with van der Waals surface area (Å²) >= 11 is 1.60. The van der Waals surface area contributed by atoms with Crippen molar-refractivity contribution in [3.05, 3.63) is 76.1 Å². The SMILES string of the molecule is Cc1nc(-c2c[nH]c(C(=O)N3Cc4cnn(-c5ccccc5)c4C3)c2)cs1. The summed E-state index contributed by atoms with van der Waals surface area (Å²) in [6, 6.07) is 11.9. The summed E-state index contributed by atoms with van der Waals surface area (Å²) in [6.45, 7) is 3.10. The molecular weight excluding hydrogens is 358 g/mol. The molecule has 6 nitrogen and oxygen atoms in total. The van der Waals surface area contributed by atoms with Gasteiger partial charge in [0, 0.05) is 29.2 Å². The van der Waals surface area contributed by atoms with Crippen LogP contribution in [0.1, 0.15) is 26.8 Å². The summed E-state index contributed by atoms with van der Waals surface area (Å²) in [5.74, 6) is -0.0102. The van der Waals surface area contributed by atoms with Gasteiger partial charge in [-0.15, -0.1) is 11.3 Å². The number of nitrogens with one attached hydrogen (secondary N) is 1. The molecule has 4 aromatic rings. The van der Waals surface area contributed by atoms with Gasteiger partial charge < -0.3 is 9.88 Å². The maximum Gasteiger partial charge on any atom is 0.270 e. The van der Waals surface area contributed by atoms with Crippen LogP contribution in [0.2, 0.25) is 0 Å². The molecule has 0 atom stereocenters. The monoisotopic (exact) mass is 375 g/mol. The van der Waals surface area contributed by atoms with Gasteiger partial charge in [-0.2, -0.15) is 5.10 Å². The average molecular weight is 375 g/mol. The van der Waals surface area contributed by atoms with Gasteiger partial charge in [0.25, 0.3) is 5.91 Å². The first-order valence-corrected chi connectivity index (χ1v) is 9.58. The minimum Gasteiger partial charge on any atom is -0.357 e. The second-order valence-electron chi connectivity index (χ2n) is 6.58. The number of hydrogen-bond acceptors (Lipinski definition) is 4. The summed E-state index contributed by atoms with van der Waals surface area (Å²) < 4.78 is 1.92. The van der Waals surface area contributed by atoms with Gasteiger partial charge >= 0.3 is 0 Å². The van der Waals surface area contributed by atoms with Gasteiger partial charge in [0.05, 0.1) is 34.8 Å². The minimum absolute atomic E-state index is 0.0102. The zero-order chi connectivity index (χ0) is 18.4. The second kappa shape index (κ2) is 6.21. The number of amides is 1. The molecule has 0 bridgehead atoms. The lowest BCUT2D eigenvalue weighted by atomic mass is 10.2. The first-order chi connectivity index (χ1) is 13.2. The van der Waals surface area contributed by atoms with Gasteiger partial charge in [-0.3, -0.25) is 4.79 Å². The molecule has 4 heterocycles. The molecule has 0 aliphatic carbocycles. The summed E-state index contributed by atoms with van der Waals surface area (Å²) in [5.41, 5.74) is 5.59. The molecule has 27 heavy (non-hydrogen) atoms. The fraction of sp³-hybridized carbons (Fsp3) is 0.150. The number of carbonyl (C=O) groups is 1. The first kappa shape index (κ1) is 16.0. The van der Waals surface area contributed by atoms with E-state index in [2.05, 4.69) is 15.1 Å². The Balaban J connectivity index is 1.38. The molecule has 1 aliphatic rings. The van der Waals surface area contributed by atoms with Gasteiger partial charge in [0.2, 0.25) is 0 Å². The van der Waals surface area contributed by atoms with E-state index in [0.29, 0.717) is 18.8 Å². The zero-order valence-corrected chi connectivity index (χ0v) is 15.5. The van der Waals surface area contributed by atoms with Crippen molar-refractivity contribution >= 4 is 17.2 Å². The van der Waals surface area contributed by atoms with Crippen LogP contribution in [0, 0.1) is 6.92 Å². The van der Waals surface area contributed by atoms with Crippen LogP contribution in [-0.4, -0.2) is 30.6 Å². The molecule has 7 heteroatoms. The molecule has 134 valence electrons. The third kappa shape index (κ3) is 2.76. The van der Waals surface area contributed by atoms with Crippen LogP contribution in [-0.2, 0) is 13.1 Å². The molecule has 0 spiro atoms. The van der Waals surface area contributed by atoms with E-state index in [1.54, 1.807) is 11.3 Å². The minimum atomic E-state index is -0.0102. The Morgan fingerprint density at radius 1 is 1.22 bits per heavy atom. The van der Waals surface area contributed by atoms with Gasteiger partial charge in [0.15, 0.2) is 0 Å². The lowest BCUT2D eigenvalue weighted by molar-refractivity contribution is 0.0743. The molecule has 0 saturated carbocycles. The quantitative estimate of drug-likeness (QED) is 0.592. The highest BCUT2D eigenvalue weighted by Crippen LogP contribution is 2.28. The predicted octanol–water partition coefficient (Wildman–Crippen LogP) is 3.79. The number of aromatic amines is 1. The number of para-hydroxylation sites is 1. The third-order valence-electron chi connectivity index (χ3n) is 4.77. The van der Waals surface area contributed by atoms with Crippen molar-refractivity contribution in [1.82, 2.24) is 24.6 Å². The molecule has 0 fully saturated rings. The number of fused-ring (bicyclic) bond motifs is 1. The lowest BCUT2D eigenvalue weighted by Crippen LogP contribution is -2.26. The van der Waals surface area contributed by atoms with Crippen molar-refractivity contribution in [1.29, 1.82) is 0 Å². The Bertz CT molecular complexity index is 1120. The molecular formula is C20H17N5OS. The van der Waals surface area contributed by atoms with E-state index in [4.69, 9.17) is 0 Å². The Morgan fingerprint density at radius 2 is 2.07 bits per heavy atom. The fourth-order valence-electron chi connectivity index (χ4n) is 3.42. The largest absolute Gasteiger partial charge is 0.357 e. The van der Waals surface area contributed by atoms with Gasteiger partial charge in [0.1, 0.15) is 5.69 Å². The Labute approximate surface area is 160 Å². The number of rotatable bonds is 3. The number of aromatic nitrogens is 4. The average Bonchev–Trinajstić information content (AvgIpc) is 3.45. The highest BCUT2D eigenvalue weighted by atomic mass is 32.1. The number of nitrogens with zero attached hydrogens (tertiary/aromatic N) is 4. The molecule has 1 N–H and O–H groups in total. The predicted molar refractivity (Wildman–Crippen MR) is 104 cm³/mol. The van der Waals surface area contributed by atoms with E-state index < -0.39 is 0 Å². The van der Waals surface area contributed by atoms with Crippen LogP contribution in [0.15, 0.2) is 54.2 Å². The third-order valence-corrected chi connectivity index (χ3v) is 5.55. The second-order valence-corrected chi connectivity index (χ2v) is 7.64. The van der Waals surface area contributed by atoms with E-state index in [9.17, 15) is 4.79 Å². The summed E-state index contributed by atoms with van der Waals surface area (Å²) in [5, 5.41) is 7.50.